The predicted molar refractivity (Wildman–Crippen MR) is 41.6 cm³/mol. The Kier molecular flexibility index (Phi) is 19.2. The van der Waals surface area contributed by atoms with Gasteiger partial charge in [0.2, 0.25) is 0 Å². The van der Waals surface area contributed by atoms with Crippen LogP contribution in [0.25, 0.3) is 0 Å². The van der Waals surface area contributed by atoms with Crippen LogP contribution in [-0.2, 0) is 0 Å². The molecule has 0 aromatic carbocycles. The molecule has 7 heteroatoms. The van der Waals surface area contributed by atoms with Gasteiger partial charge in [-0.3, -0.25) is 4.99 Å². The fourth-order valence-corrected chi connectivity index (χ4v) is 0.241. The van der Waals surface area contributed by atoms with Crippen LogP contribution in [0.4, 0.5) is 4.79 Å². The van der Waals surface area contributed by atoms with Crippen molar-refractivity contribution in [3.63, 3.8) is 0 Å². The molecule has 0 saturated carbocycles. The maximum absolute atomic E-state index is 8.56. The molecular weight excluding hydrogens is 394 g/mol. The summed E-state index contributed by atoms with van der Waals surface area (Å²) >= 11 is 0. The van der Waals surface area contributed by atoms with E-state index in [-0.39, 0.29) is 35.1 Å². The molecule has 0 fully saturated rings. The number of nitrogens with zero attached hydrogens (tertiary/aromatic N) is 1. The molecule has 0 aliphatic rings. The molecule has 0 bridgehead atoms. The summed E-state index contributed by atoms with van der Waals surface area (Å²) in [4.78, 5) is 12.3. The molecule has 0 aliphatic heterocycles. The molecule has 0 aromatic rings. The van der Waals surface area contributed by atoms with Crippen LogP contribution in [0.5, 0.6) is 0 Å². The Morgan fingerprint density at radius 2 is 1.75 bits per heavy atom. The van der Waals surface area contributed by atoms with Crippen molar-refractivity contribution >= 4 is 12.1 Å². The molecule has 0 heterocycles. The molecule has 6 nitrogen and oxygen atoms in total. The molecule has 0 saturated heterocycles. The normalized spacial score (nSPS) is 6.75. The molecule has 72 valence electrons. The minimum Gasteiger partial charge on any atom is -0.450 e. The maximum Gasteiger partial charge on any atom is 0.503 e. The van der Waals surface area contributed by atoms with Crippen molar-refractivity contribution in [1.82, 2.24) is 0 Å². The number of guanidine groups is 1. The van der Waals surface area contributed by atoms with Crippen LogP contribution in [0, 0.1) is 29.2 Å². The molecule has 6 N–H and O–H groups in total. The largest absolute Gasteiger partial charge is 0.503 e. The van der Waals surface area contributed by atoms with E-state index < -0.39 is 6.16 Å². The van der Waals surface area contributed by atoms with E-state index in [0.29, 0.717) is 0 Å². The Bertz CT molecular complexity index is 132. The van der Waals surface area contributed by atoms with Crippen LogP contribution < -0.4 is 11.5 Å². The van der Waals surface area contributed by atoms with Gasteiger partial charge in [0, 0.05) is 35.7 Å². The zero-order chi connectivity index (χ0) is 9.28. The van der Waals surface area contributed by atoms with Gasteiger partial charge in [-0.1, -0.05) is 6.92 Å². The van der Waals surface area contributed by atoms with Crippen LogP contribution in [0.15, 0.2) is 4.99 Å². The van der Waals surface area contributed by atoms with Gasteiger partial charge in [0.15, 0.2) is 5.96 Å². The van der Waals surface area contributed by atoms with E-state index in [1.165, 1.54) is 0 Å². The number of rotatable bonds is 2. The summed E-state index contributed by atoms with van der Waals surface area (Å²) in [6, 6.07) is 0. The molecule has 0 radical (unpaired) electrons. The van der Waals surface area contributed by atoms with E-state index in [0.717, 1.165) is 13.0 Å². The molecule has 0 atom stereocenters. The van der Waals surface area contributed by atoms with Crippen LogP contribution in [0.3, 0.4) is 0 Å². The van der Waals surface area contributed by atoms with Crippen molar-refractivity contribution in [2.24, 2.45) is 16.5 Å². The van der Waals surface area contributed by atoms with Gasteiger partial charge >= 0.3 is 6.16 Å². The van der Waals surface area contributed by atoms with Crippen molar-refractivity contribution in [3.8, 4) is 0 Å². The first-order chi connectivity index (χ1) is 5.00. The summed E-state index contributed by atoms with van der Waals surface area (Å²) in [5, 5.41) is 13.9. The quantitative estimate of drug-likeness (QED) is 0.376. The smallest absolute Gasteiger partial charge is 0.450 e. The Morgan fingerprint density at radius 1 is 1.42 bits per heavy atom. The van der Waals surface area contributed by atoms with Crippen LogP contribution in [0.1, 0.15) is 13.3 Å². The number of carbonyl (C=O) groups is 1. The molecular formula is C5H13N3O3Pu. The van der Waals surface area contributed by atoms with Crippen LogP contribution >= 0.6 is 0 Å². The fraction of sp³-hybridized carbons (Fsp3) is 0.600. The molecule has 0 rings (SSSR count). The monoisotopic (exact) mass is 401 g/mol. The van der Waals surface area contributed by atoms with Crippen LogP contribution in [0.2, 0.25) is 0 Å². The first-order valence-corrected chi connectivity index (χ1v) is 2.98. The van der Waals surface area contributed by atoms with Crippen molar-refractivity contribution in [2.75, 3.05) is 6.54 Å². The second-order valence-electron chi connectivity index (χ2n) is 1.59. The minimum absolute atomic E-state index is 0. The summed E-state index contributed by atoms with van der Waals surface area (Å²) in [7, 11) is 0. The molecule has 0 unspecified atom stereocenters. The second-order valence-corrected chi connectivity index (χ2v) is 1.59. The topological polar surface area (TPSA) is 122 Å². The van der Waals surface area contributed by atoms with Crippen molar-refractivity contribution in [2.45, 2.75) is 13.3 Å². The maximum atomic E-state index is 8.56. The SMILES string of the molecule is CCCN=C(N)N.O=C(O)O.[Pu]. The molecule has 0 spiro atoms. The number of carboxylic acid groups (broad SMARTS) is 2. The summed E-state index contributed by atoms with van der Waals surface area (Å²) in [6.45, 7) is 2.76. The number of nitrogens with two attached hydrogens (primary N) is 2. The summed E-state index contributed by atoms with van der Waals surface area (Å²) < 4.78 is 0. The fourth-order valence-electron chi connectivity index (χ4n) is 0.241. The van der Waals surface area contributed by atoms with Crippen LogP contribution in [-0.4, -0.2) is 28.9 Å². The summed E-state index contributed by atoms with van der Waals surface area (Å²) in [5.74, 6) is 0.182. The summed E-state index contributed by atoms with van der Waals surface area (Å²) in [6.07, 6.45) is -0.835. The Morgan fingerprint density at radius 3 is 1.83 bits per heavy atom. The molecule has 0 amide bonds. The standard InChI is InChI=1S/C4H11N3.CH2O3.Pu/c1-2-3-7-4(5)6;2-1(3)4;/h2-3H2,1H3,(H4,5,6,7);(H2,2,3,4);. The first-order valence-electron chi connectivity index (χ1n) is 2.98. The summed E-state index contributed by atoms with van der Waals surface area (Å²) in [5.41, 5.74) is 10.0. The third-order valence-electron chi connectivity index (χ3n) is 0.518. The van der Waals surface area contributed by atoms with Gasteiger partial charge in [0.1, 0.15) is 0 Å². The second kappa shape index (κ2) is 13.1. The van der Waals surface area contributed by atoms with Crippen molar-refractivity contribution in [3.05, 3.63) is 0 Å². The average Bonchev–Trinajstić information content (AvgIpc) is 1.82. The molecule has 12 heavy (non-hydrogen) atoms. The third-order valence-corrected chi connectivity index (χ3v) is 0.518. The minimum atomic E-state index is -1.83. The van der Waals surface area contributed by atoms with E-state index in [2.05, 4.69) is 4.99 Å². The van der Waals surface area contributed by atoms with E-state index >= 15 is 0 Å². The first kappa shape index (κ1) is 17.6. The predicted octanol–water partition coefficient (Wildman–Crippen LogP) is -0.108. The van der Waals surface area contributed by atoms with Crippen molar-refractivity contribution < 1.29 is 44.2 Å². The number of aliphatic imine (C=N–C) groups is 1. The zero-order valence-corrected chi connectivity index (χ0v) is 10.1. The molecule has 0 aromatic heterocycles. The van der Waals surface area contributed by atoms with Gasteiger partial charge in [0.05, 0.1) is 0 Å². The van der Waals surface area contributed by atoms with E-state index in [9.17, 15) is 0 Å². The van der Waals surface area contributed by atoms with Gasteiger partial charge < -0.3 is 21.7 Å². The van der Waals surface area contributed by atoms with Gasteiger partial charge in [-0.15, -0.1) is 0 Å². The van der Waals surface area contributed by atoms with Gasteiger partial charge in [-0.05, 0) is 6.42 Å². The number of hydrogen-bond acceptors (Lipinski definition) is 2. The third kappa shape index (κ3) is 55.7. The Hall–Kier alpha value is -0.473. The van der Waals surface area contributed by atoms with E-state index in [1.807, 2.05) is 6.92 Å². The van der Waals surface area contributed by atoms with Gasteiger partial charge in [-0.2, -0.15) is 0 Å². The van der Waals surface area contributed by atoms with Gasteiger partial charge in [0.25, 0.3) is 0 Å². The average molecular weight is 407 g/mol. The zero-order valence-electron chi connectivity index (χ0n) is 6.73. The Labute approximate surface area is 92.6 Å². The van der Waals surface area contributed by atoms with E-state index in [4.69, 9.17) is 26.5 Å². The molecule has 0 aliphatic carbocycles. The number of hydrogen-bond donors (Lipinski definition) is 4. The van der Waals surface area contributed by atoms with E-state index in [1.54, 1.807) is 0 Å². The van der Waals surface area contributed by atoms with Gasteiger partial charge in [-0.25, -0.2) is 4.79 Å². The van der Waals surface area contributed by atoms with Crippen molar-refractivity contribution in [1.29, 1.82) is 0 Å². The Balaban J connectivity index is -0.000000142.